The van der Waals surface area contributed by atoms with E-state index < -0.39 is 7.42 Å². The van der Waals surface area contributed by atoms with Crippen LogP contribution in [0.25, 0.3) is 0 Å². The monoisotopic (exact) mass is 465 g/mol. The first-order valence-electron chi connectivity index (χ1n) is 12.1. The molecule has 0 aliphatic carbocycles. The molecule has 0 atom stereocenters. The Kier molecular flexibility index (Phi) is 16.8. The van der Waals surface area contributed by atoms with Crippen LogP contribution in [0.4, 0.5) is 0 Å². The SMILES string of the molecule is CCCCCCCCCCC1(CCCCCCCCCC)CSC([SiH](Cl)Cl)=N1. The van der Waals surface area contributed by atoms with Crippen molar-refractivity contribution < 1.29 is 0 Å². The van der Waals surface area contributed by atoms with E-state index in [9.17, 15) is 0 Å². The summed E-state index contributed by atoms with van der Waals surface area (Å²) >= 11 is 14.4. The van der Waals surface area contributed by atoms with Gasteiger partial charge in [-0.3, -0.25) is 4.99 Å². The van der Waals surface area contributed by atoms with Crippen LogP contribution in [0.3, 0.4) is 0 Å². The number of aliphatic imine (C=N–C) groups is 1. The Morgan fingerprint density at radius 2 is 1.11 bits per heavy atom. The van der Waals surface area contributed by atoms with Gasteiger partial charge in [-0.2, -0.15) is 0 Å². The largest absolute Gasteiger partial charge is 0.291 e. The molecule has 1 rings (SSSR count). The minimum atomic E-state index is -1.78. The van der Waals surface area contributed by atoms with Crippen molar-refractivity contribution in [1.82, 2.24) is 0 Å². The molecule has 166 valence electrons. The van der Waals surface area contributed by atoms with Gasteiger partial charge in [0, 0.05) is 5.75 Å². The number of hydrogen-bond donors (Lipinski definition) is 0. The van der Waals surface area contributed by atoms with Gasteiger partial charge in [0.05, 0.1) is 10.2 Å². The molecule has 0 radical (unpaired) electrons. The molecule has 1 aliphatic heterocycles. The molecule has 0 unspecified atom stereocenters. The Morgan fingerprint density at radius 1 is 0.714 bits per heavy atom. The summed E-state index contributed by atoms with van der Waals surface area (Å²) in [6.45, 7) is 4.57. The Bertz CT molecular complexity index is 384. The summed E-state index contributed by atoms with van der Waals surface area (Å²) in [5, 5.41) is 0. The molecule has 0 aromatic heterocycles. The Morgan fingerprint density at radius 3 is 1.46 bits per heavy atom. The third-order valence-electron chi connectivity index (χ3n) is 6.01. The summed E-state index contributed by atoms with van der Waals surface area (Å²) in [5.41, 5.74) is 0.152. The molecule has 28 heavy (non-hydrogen) atoms. The van der Waals surface area contributed by atoms with Crippen LogP contribution in [0, 0.1) is 0 Å². The summed E-state index contributed by atoms with van der Waals surface area (Å²) in [6, 6.07) is 0. The first-order valence-corrected chi connectivity index (χ1v) is 17.2. The average Bonchev–Trinajstić information content (AvgIpc) is 3.11. The molecule has 0 aromatic rings. The van der Waals surface area contributed by atoms with Crippen LogP contribution in [-0.2, 0) is 0 Å². The smallest absolute Gasteiger partial charge is 0.278 e. The van der Waals surface area contributed by atoms with Crippen LogP contribution in [0.5, 0.6) is 0 Å². The van der Waals surface area contributed by atoms with Gasteiger partial charge in [-0.15, -0.1) is 33.9 Å². The van der Waals surface area contributed by atoms with E-state index >= 15 is 0 Å². The van der Waals surface area contributed by atoms with Gasteiger partial charge < -0.3 is 0 Å². The van der Waals surface area contributed by atoms with Crippen molar-refractivity contribution in [2.24, 2.45) is 4.99 Å². The fourth-order valence-corrected chi connectivity index (χ4v) is 7.76. The summed E-state index contributed by atoms with van der Waals surface area (Å²) in [7, 11) is -1.78. The van der Waals surface area contributed by atoms with E-state index in [1.54, 1.807) is 0 Å². The number of unbranched alkanes of at least 4 members (excludes halogenated alkanes) is 14. The molecular weight excluding hydrogens is 421 g/mol. The highest BCUT2D eigenvalue weighted by atomic mass is 35.7. The molecular formula is C23H45Cl2NSSi. The van der Waals surface area contributed by atoms with Crippen LogP contribution >= 0.6 is 33.9 Å². The lowest BCUT2D eigenvalue weighted by molar-refractivity contribution is 0.377. The Labute approximate surface area is 191 Å². The summed E-state index contributed by atoms with van der Waals surface area (Å²) in [5.74, 6) is 1.12. The Balaban J connectivity index is 2.27. The third kappa shape index (κ3) is 12.5. The second-order valence-corrected chi connectivity index (χ2v) is 14.6. The van der Waals surface area contributed by atoms with Crippen molar-refractivity contribution in [2.75, 3.05) is 5.75 Å². The van der Waals surface area contributed by atoms with E-state index in [0.717, 1.165) is 10.4 Å². The van der Waals surface area contributed by atoms with E-state index in [1.165, 1.54) is 116 Å². The van der Waals surface area contributed by atoms with Gasteiger partial charge in [-0.1, -0.05) is 117 Å². The normalized spacial score (nSPS) is 16.1. The summed E-state index contributed by atoms with van der Waals surface area (Å²) in [4.78, 5) is 5.11. The zero-order valence-electron chi connectivity index (χ0n) is 18.6. The highest BCUT2D eigenvalue weighted by Crippen LogP contribution is 2.38. The fourth-order valence-electron chi connectivity index (χ4n) is 4.18. The summed E-state index contributed by atoms with van der Waals surface area (Å²) < 4.78 is 1.10. The highest BCUT2D eigenvalue weighted by Gasteiger charge is 2.36. The van der Waals surface area contributed by atoms with E-state index in [2.05, 4.69) is 13.8 Å². The first-order chi connectivity index (χ1) is 13.6. The van der Waals surface area contributed by atoms with Crippen LogP contribution < -0.4 is 0 Å². The van der Waals surface area contributed by atoms with E-state index in [-0.39, 0.29) is 5.54 Å². The molecule has 0 saturated heterocycles. The molecule has 0 fully saturated rings. The maximum absolute atomic E-state index is 6.25. The second-order valence-electron chi connectivity index (χ2n) is 8.71. The predicted molar refractivity (Wildman–Crippen MR) is 136 cm³/mol. The predicted octanol–water partition coefficient (Wildman–Crippen LogP) is 9.17. The van der Waals surface area contributed by atoms with E-state index in [4.69, 9.17) is 27.2 Å². The number of thioether (sulfide) groups is 1. The minimum Gasteiger partial charge on any atom is -0.278 e. The topological polar surface area (TPSA) is 12.4 Å². The van der Waals surface area contributed by atoms with Crippen molar-refractivity contribution in [3.8, 4) is 0 Å². The number of nitrogens with zero attached hydrogens (tertiary/aromatic N) is 1. The van der Waals surface area contributed by atoms with Crippen molar-refractivity contribution in [1.29, 1.82) is 0 Å². The van der Waals surface area contributed by atoms with Gasteiger partial charge in [0.25, 0.3) is 7.42 Å². The summed E-state index contributed by atoms with van der Waals surface area (Å²) in [6.07, 6.45) is 24.6. The molecule has 0 bridgehead atoms. The molecule has 1 heterocycles. The molecule has 0 spiro atoms. The maximum Gasteiger partial charge on any atom is 0.291 e. The van der Waals surface area contributed by atoms with Crippen molar-refractivity contribution in [3.05, 3.63) is 0 Å². The van der Waals surface area contributed by atoms with E-state index in [0.29, 0.717) is 0 Å². The highest BCUT2D eigenvalue weighted by molar-refractivity contribution is 8.19. The molecule has 0 amide bonds. The van der Waals surface area contributed by atoms with Gasteiger partial charge in [-0.05, 0) is 12.8 Å². The fraction of sp³-hybridized carbons (Fsp3) is 0.957. The minimum absolute atomic E-state index is 0.152. The molecule has 0 N–H and O–H groups in total. The molecule has 0 aromatic carbocycles. The quantitative estimate of drug-likeness (QED) is 0.105. The van der Waals surface area contributed by atoms with Crippen LogP contribution in [0.2, 0.25) is 0 Å². The van der Waals surface area contributed by atoms with Crippen LogP contribution in [0.15, 0.2) is 4.99 Å². The lowest BCUT2D eigenvalue weighted by Crippen LogP contribution is -2.27. The molecule has 1 nitrogen and oxygen atoms in total. The molecule has 0 saturated carbocycles. The standard InChI is InChI=1S/C23H45Cl2NSSi/c1-3-5-7-9-11-13-15-17-19-23(21-27-22(26-23)28(24)25)20-18-16-14-12-10-8-6-4-2/h28H,3-21H2,1-2H3. The van der Waals surface area contributed by atoms with Gasteiger partial charge in [0.2, 0.25) is 0 Å². The van der Waals surface area contributed by atoms with Crippen molar-refractivity contribution in [2.45, 2.75) is 135 Å². The lowest BCUT2D eigenvalue weighted by atomic mass is 9.88. The lowest BCUT2D eigenvalue weighted by Gasteiger charge is -2.25. The second kappa shape index (κ2) is 17.5. The van der Waals surface area contributed by atoms with Crippen LogP contribution in [-0.4, -0.2) is 23.4 Å². The number of hydrogen-bond acceptors (Lipinski definition) is 2. The molecule has 5 heteroatoms. The first kappa shape index (κ1) is 26.9. The molecule has 1 aliphatic rings. The zero-order valence-corrected chi connectivity index (χ0v) is 22.1. The maximum atomic E-state index is 6.25. The van der Waals surface area contributed by atoms with Gasteiger partial charge >= 0.3 is 0 Å². The van der Waals surface area contributed by atoms with E-state index in [1.807, 2.05) is 11.8 Å². The van der Waals surface area contributed by atoms with Crippen molar-refractivity contribution in [3.63, 3.8) is 0 Å². The van der Waals surface area contributed by atoms with Gasteiger partial charge in [0.15, 0.2) is 0 Å². The average molecular weight is 467 g/mol. The Hall–Kier alpha value is 0.817. The zero-order chi connectivity index (χ0) is 20.5. The van der Waals surface area contributed by atoms with Gasteiger partial charge in [0.1, 0.15) is 0 Å². The van der Waals surface area contributed by atoms with Gasteiger partial charge in [-0.25, -0.2) is 0 Å². The van der Waals surface area contributed by atoms with Crippen molar-refractivity contribution >= 4 is 46.0 Å². The number of rotatable bonds is 19. The van der Waals surface area contributed by atoms with Crippen LogP contribution in [0.1, 0.15) is 129 Å². The third-order valence-corrected chi connectivity index (χ3v) is 10.8. The number of halogens is 2.